The average Bonchev–Trinajstić information content (AvgIpc) is 2.60. The van der Waals surface area contributed by atoms with Crippen LogP contribution in [-0.2, 0) is 0 Å². The van der Waals surface area contributed by atoms with E-state index in [9.17, 15) is 14.7 Å². The zero-order valence-electron chi connectivity index (χ0n) is 20.2. The van der Waals surface area contributed by atoms with Gasteiger partial charge in [-0.15, -0.1) is 0 Å². The van der Waals surface area contributed by atoms with Crippen LogP contribution in [0.15, 0.2) is 22.0 Å². The number of carboxylic acids is 1. The maximum absolute atomic E-state index is 15.2. The molecule has 0 saturated carbocycles. The van der Waals surface area contributed by atoms with Gasteiger partial charge in [-0.3, -0.25) is 4.79 Å². The number of nitrogens with zero attached hydrogens (tertiary/aromatic N) is 2. The highest BCUT2D eigenvalue weighted by Crippen LogP contribution is 2.46. The number of piperazine rings is 1. The fourth-order valence-electron chi connectivity index (χ4n) is 2.74. The smallest absolute Gasteiger partial charge is 0.342 e. The summed E-state index contributed by atoms with van der Waals surface area (Å²) in [7, 11) is 0. The van der Waals surface area contributed by atoms with E-state index in [1.54, 1.807) is 12.2 Å². The lowest BCUT2D eigenvalue weighted by Gasteiger charge is -2.34. The number of hydrogen-bond donors (Lipinski definition) is 2. The minimum Gasteiger partial charge on any atom is -0.477 e. The van der Waals surface area contributed by atoms with Crippen LogP contribution in [-0.4, -0.2) is 41.6 Å². The number of aromatic carboxylic acids is 1. The van der Waals surface area contributed by atoms with Crippen LogP contribution in [0.4, 0.5) is 10.1 Å². The first-order chi connectivity index (χ1) is 14.5. The molecule has 6 nitrogen and oxygen atoms in total. The molecule has 126 valence electrons. The van der Waals surface area contributed by atoms with E-state index >= 15 is 4.39 Å². The van der Waals surface area contributed by atoms with Crippen molar-refractivity contribution in [1.82, 2.24) is 9.88 Å². The molecule has 1 aromatic heterocycles. The molecule has 2 aliphatic rings. The molecule has 2 aromatic rings. The molecule has 1 aromatic carbocycles. The number of halogens is 1. The van der Waals surface area contributed by atoms with Crippen LogP contribution >= 0.6 is 11.8 Å². The Balaban J connectivity index is 2.08. The van der Waals surface area contributed by atoms with Gasteiger partial charge in [-0.05, 0) is 19.1 Å². The van der Waals surface area contributed by atoms with Crippen LogP contribution in [0.3, 0.4) is 0 Å². The molecule has 2 aliphatic heterocycles. The number of carbonyl (C=O) groups is 1. The Morgan fingerprint density at radius 3 is 2.79 bits per heavy atom. The topological polar surface area (TPSA) is 74.6 Å². The van der Waals surface area contributed by atoms with E-state index in [1.165, 1.54) is 4.57 Å². The van der Waals surface area contributed by atoms with Crippen LogP contribution in [0.1, 0.15) is 33.6 Å². The van der Waals surface area contributed by atoms with Crippen LogP contribution < -0.4 is 15.6 Å². The van der Waals surface area contributed by atoms with E-state index in [-0.39, 0.29) is 26.2 Å². The van der Waals surface area contributed by atoms with E-state index in [0.29, 0.717) is 6.07 Å². The zero-order valence-corrected chi connectivity index (χ0v) is 13.0. The highest BCUT2D eigenvalue weighted by Gasteiger charge is 2.33. The molecule has 0 radical (unpaired) electrons. The monoisotopic (exact) mass is 357 g/mol. The molecular formula is C16H16FN3O3S. The third kappa shape index (κ3) is 2.13. The lowest BCUT2D eigenvalue weighted by molar-refractivity contribution is 0.0689. The Bertz CT molecular complexity index is 1230. The second-order valence-electron chi connectivity index (χ2n) is 5.16. The number of benzene rings is 1. The normalized spacial score (nSPS) is 33.2. The molecule has 24 heavy (non-hydrogen) atoms. The minimum absolute atomic E-state index is 0.0103. The van der Waals surface area contributed by atoms with Gasteiger partial charge < -0.3 is 19.9 Å². The van der Waals surface area contributed by atoms with Crippen molar-refractivity contribution in [2.24, 2.45) is 0 Å². The van der Waals surface area contributed by atoms with E-state index in [0.717, 1.165) is 17.8 Å². The molecule has 3 heterocycles. The molecule has 4 rings (SSSR count). The average molecular weight is 357 g/mol. The number of anilines is 1. The van der Waals surface area contributed by atoms with Crippen LogP contribution in [0.2, 0.25) is 0 Å². The maximum Gasteiger partial charge on any atom is 0.342 e. The van der Waals surface area contributed by atoms with E-state index in [4.69, 9.17) is 11.0 Å². The molecule has 0 bridgehead atoms. The number of pyridine rings is 1. The fourth-order valence-corrected chi connectivity index (χ4v) is 3.90. The van der Waals surface area contributed by atoms with Crippen molar-refractivity contribution in [3.63, 3.8) is 0 Å². The first kappa shape index (κ1) is 8.87. The lowest BCUT2D eigenvalue weighted by Crippen LogP contribution is -2.44. The van der Waals surface area contributed by atoms with Gasteiger partial charge in [0.25, 0.3) is 0 Å². The summed E-state index contributed by atoms with van der Waals surface area (Å²) in [6.07, 6.45) is 0. The molecule has 0 aliphatic carbocycles. The number of carboxylic acid groups (broad SMARTS) is 1. The maximum atomic E-state index is 15.2. The van der Waals surface area contributed by atoms with Gasteiger partial charge in [0.1, 0.15) is 11.4 Å². The number of fused-ring (bicyclic) bond motifs is 3. The van der Waals surface area contributed by atoms with Gasteiger partial charge in [0.05, 0.1) is 27.1 Å². The van der Waals surface area contributed by atoms with Gasteiger partial charge in [0.15, 0.2) is 0 Å². The van der Waals surface area contributed by atoms with Gasteiger partial charge in [0.2, 0.25) is 5.43 Å². The number of aromatic nitrogens is 1. The van der Waals surface area contributed by atoms with Crippen molar-refractivity contribution in [3.8, 4) is 0 Å². The second kappa shape index (κ2) is 5.49. The molecule has 1 atom stereocenters. The Morgan fingerprint density at radius 1 is 1.46 bits per heavy atom. The molecule has 2 N–H and O–H groups in total. The zero-order chi connectivity index (χ0) is 24.2. The predicted molar refractivity (Wildman–Crippen MR) is 90.8 cm³/mol. The highest BCUT2D eigenvalue weighted by molar-refractivity contribution is 8.00. The minimum atomic E-state index is -3.27. The standard InChI is InChI=1S/C16H16FN3O3S/c1-8-20-11-7-12(19-4-2-18-3-5-19)10(17)6-9(11)14(21)13(16(22)23)15(20)24-8/h6-8,18H,2-5H2,1H3,(H,22,23)/i2D2,3D2,4D2,5D2. The van der Waals surface area contributed by atoms with E-state index < -0.39 is 54.5 Å². The third-order valence-corrected chi connectivity index (χ3v) is 4.97. The largest absolute Gasteiger partial charge is 0.477 e. The summed E-state index contributed by atoms with van der Waals surface area (Å²) < 4.78 is 80.9. The summed E-state index contributed by atoms with van der Waals surface area (Å²) in [5.74, 6) is -2.84. The molecule has 0 spiro atoms. The third-order valence-electron chi connectivity index (χ3n) is 3.79. The van der Waals surface area contributed by atoms with Gasteiger partial charge in [0, 0.05) is 36.9 Å². The summed E-state index contributed by atoms with van der Waals surface area (Å²) in [5.41, 5.74) is -2.35. The number of thioether (sulfide) groups is 1. The Labute approximate surface area is 152 Å². The van der Waals surface area contributed by atoms with Crippen LogP contribution in [0, 0.1) is 5.82 Å². The summed E-state index contributed by atoms with van der Waals surface area (Å²) in [6, 6.07) is 1.56. The van der Waals surface area contributed by atoms with Gasteiger partial charge >= 0.3 is 5.97 Å². The predicted octanol–water partition coefficient (Wildman–Crippen LogP) is 1.87. The van der Waals surface area contributed by atoms with Crippen LogP contribution in [0.25, 0.3) is 10.9 Å². The molecular weight excluding hydrogens is 333 g/mol. The second-order valence-corrected chi connectivity index (χ2v) is 6.46. The molecule has 0 amide bonds. The van der Waals surface area contributed by atoms with Crippen molar-refractivity contribution < 1.29 is 25.3 Å². The van der Waals surface area contributed by atoms with Crippen molar-refractivity contribution >= 4 is 34.3 Å². The van der Waals surface area contributed by atoms with Gasteiger partial charge in [-0.25, -0.2) is 9.18 Å². The van der Waals surface area contributed by atoms with Crippen molar-refractivity contribution in [3.05, 3.63) is 33.7 Å². The van der Waals surface area contributed by atoms with E-state index in [2.05, 4.69) is 0 Å². The summed E-state index contributed by atoms with van der Waals surface area (Å²) in [5, 5.41) is 10.5. The first-order valence-corrected chi connectivity index (χ1v) is 7.75. The molecule has 1 unspecified atom stereocenters. The SMILES string of the molecule is [2H]C1([2H])NC([2H])([2H])C([2H])([2H])N(c2cc3c(cc2F)c(=O)c(C(=O)O)c2n3C(C)S2)C1([2H])[2H]. The fraction of sp³-hybridized carbons (Fsp3) is 0.375. The summed E-state index contributed by atoms with van der Waals surface area (Å²) in [6.45, 7) is -11.1. The Morgan fingerprint density at radius 2 is 2.17 bits per heavy atom. The summed E-state index contributed by atoms with van der Waals surface area (Å²) in [4.78, 5) is 24.3. The molecule has 1 fully saturated rings. The lowest BCUT2D eigenvalue weighted by atomic mass is 10.1. The number of rotatable bonds is 2. The molecule has 1 saturated heterocycles. The summed E-state index contributed by atoms with van der Waals surface area (Å²) >= 11 is 1.08. The van der Waals surface area contributed by atoms with Gasteiger partial charge in [-0.1, -0.05) is 11.8 Å². The van der Waals surface area contributed by atoms with Crippen molar-refractivity contribution in [2.75, 3.05) is 30.9 Å². The van der Waals surface area contributed by atoms with Crippen LogP contribution in [0.5, 0.6) is 0 Å². The van der Waals surface area contributed by atoms with Gasteiger partial charge in [-0.2, -0.15) is 0 Å². The van der Waals surface area contributed by atoms with Crippen molar-refractivity contribution in [2.45, 2.75) is 17.3 Å². The van der Waals surface area contributed by atoms with Crippen molar-refractivity contribution in [1.29, 1.82) is 0 Å². The Hall–Kier alpha value is -2.06. The molecule has 8 heteroatoms. The quantitative estimate of drug-likeness (QED) is 0.855. The first-order valence-electron chi connectivity index (χ1n) is 10.9. The van der Waals surface area contributed by atoms with E-state index in [1.807, 2.05) is 0 Å². The highest BCUT2D eigenvalue weighted by atomic mass is 32.2. The number of nitrogens with one attached hydrogen (secondary N) is 1. The Kier molecular flexibility index (Phi) is 2.03. The number of hydrogen-bond acceptors (Lipinski definition) is 5.